The maximum absolute atomic E-state index is 12.3. The topological polar surface area (TPSA) is 102 Å². The average Bonchev–Trinajstić information content (AvgIpc) is 3.29. The molecule has 1 aliphatic rings. The number of sulfone groups is 1. The lowest BCUT2D eigenvalue weighted by molar-refractivity contribution is 0.0891. The number of carbonyl (C=O) groups excluding carboxylic acids is 1. The molecule has 7 nitrogen and oxygen atoms in total. The summed E-state index contributed by atoms with van der Waals surface area (Å²) in [6, 6.07) is 8.03. The molecule has 2 heterocycles. The van der Waals surface area contributed by atoms with Crippen molar-refractivity contribution >= 4 is 38.4 Å². The fourth-order valence-electron chi connectivity index (χ4n) is 3.48. The van der Waals surface area contributed by atoms with E-state index in [0.29, 0.717) is 16.5 Å². The van der Waals surface area contributed by atoms with Gasteiger partial charge in [0.1, 0.15) is 5.52 Å². The summed E-state index contributed by atoms with van der Waals surface area (Å²) in [5.41, 5.74) is 1.46. The van der Waals surface area contributed by atoms with Crippen LogP contribution in [0.25, 0.3) is 11.1 Å². The van der Waals surface area contributed by atoms with Gasteiger partial charge >= 0.3 is 0 Å². The Kier molecular flexibility index (Phi) is 4.93. The van der Waals surface area contributed by atoms with E-state index >= 15 is 0 Å². The van der Waals surface area contributed by atoms with Gasteiger partial charge in [0.15, 0.2) is 17.2 Å². The van der Waals surface area contributed by atoms with Gasteiger partial charge in [-0.25, -0.2) is 13.4 Å². The summed E-state index contributed by atoms with van der Waals surface area (Å²) >= 11 is 6.00. The highest BCUT2D eigenvalue weighted by molar-refractivity contribution is 7.90. The molecule has 1 amide bonds. The van der Waals surface area contributed by atoms with Crippen molar-refractivity contribution in [2.45, 2.75) is 42.7 Å². The predicted octanol–water partition coefficient (Wildman–Crippen LogP) is 3.93. The van der Waals surface area contributed by atoms with Gasteiger partial charge in [-0.1, -0.05) is 11.6 Å². The number of hydrogen-bond donors (Lipinski definition) is 1. The Hall–Kier alpha value is -2.32. The zero-order valence-electron chi connectivity index (χ0n) is 15.1. The quantitative estimate of drug-likeness (QED) is 0.683. The highest BCUT2D eigenvalue weighted by Gasteiger charge is 2.28. The average molecular weight is 423 g/mol. The standard InChI is InChI=1S/C19H19ClN2O5S/c1-28(24,25)17-9-8-16(26-17)18(23)21-13-5-2-11(3-6-13)19-22-14-10-12(20)4-7-15(14)27-19/h4,7-11,13H,2-3,5-6H2,1H3,(H,21,23). The van der Waals surface area contributed by atoms with Gasteiger partial charge in [-0.15, -0.1) is 0 Å². The van der Waals surface area contributed by atoms with Crippen LogP contribution in [0.1, 0.15) is 48.0 Å². The van der Waals surface area contributed by atoms with E-state index in [-0.39, 0.29) is 22.8 Å². The Morgan fingerprint density at radius 2 is 1.89 bits per heavy atom. The molecule has 0 bridgehead atoms. The molecule has 0 saturated heterocycles. The molecule has 148 valence electrons. The maximum Gasteiger partial charge on any atom is 0.287 e. The minimum absolute atomic E-state index is 0.00150. The van der Waals surface area contributed by atoms with Crippen LogP contribution < -0.4 is 5.32 Å². The summed E-state index contributed by atoms with van der Waals surface area (Å²) in [5.74, 6) is 0.485. The third-order valence-electron chi connectivity index (χ3n) is 4.95. The summed E-state index contributed by atoms with van der Waals surface area (Å²) in [4.78, 5) is 16.9. The molecule has 4 rings (SSSR count). The number of amides is 1. The van der Waals surface area contributed by atoms with Gasteiger partial charge in [0, 0.05) is 23.2 Å². The van der Waals surface area contributed by atoms with Crippen molar-refractivity contribution in [2.75, 3.05) is 6.26 Å². The lowest BCUT2D eigenvalue weighted by atomic mass is 9.86. The summed E-state index contributed by atoms with van der Waals surface area (Å²) in [7, 11) is -3.47. The predicted molar refractivity (Wildman–Crippen MR) is 103 cm³/mol. The van der Waals surface area contributed by atoms with E-state index in [1.165, 1.54) is 12.1 Å². The van der Waals surface area contributed by atoms with Crippen molar-refractivity contribution in [1.29, 1.82) is 0 Å². The third kappa shape index (κ3) is 3.93. The molecule has 9 heteroatoms. The number of furan rings is 1. The first-order chi connectivity index (χ1) is 13.3. The molecular weight excluding hydrogens is 404 g/mol. The number of fused-ring (bicyclic) bond motifs is 1. The first-order valence-corrected chi connectivity index (χ1v) is 11.2. The van der Waals surface area contributed by atoms with Crippen molar-refractivity contribution in [3.8, 4) is 0 Å². The zero-order valence-corrected chi connectivity index (χ0v) is 16.7. The number of nitrogens with one attached hydrogen (secondary N) is 1. The van der Waals surface area contributed by atoms with Gasteiger partial charge in [-0.2, -0.15) is 0 Å². The summed E-state index contributed by atoms with van der Waals surface area (Å²) in [6.45, 7) is 0. The molecule has 1 fully saturated rings. The Morgan fingerprint density at radius 3 is 2.57 bits per heavy atom. The minimum Gasteiger partial charge on any atom is -0.440 e. The summed E-state index contributed by atoms with van der Waals surface area (Å²) in [5, 5.41) is 3.32. The van der Waals surface area contributed by atoms with Crippen molar-refractivity contribution in [3.63, 3.8) is 0 Å². The van der Waals surface area contributed by atoms with Crippen LogP contribution in [0, 0.1) is 0 Å². The number of oxazole rings is 1. The second-order valence-corrected chi connectivity index (χ2v) is 9.46. The Labute approximate surface area is 167 Å². The second-order valence-electron chi connectivity index (χ2n) is 7.08. The van der Waals surface area contributed by atoms with Crippen LogP contribution in [0.5, 0.6) is 0 Å². The van der Waals surface area contributed by atoms with E-state index in [0.717, 1.165) is 37.5 Å². The number of aromatic nitrogens is 1. The molecule has 0 spiro atoms. The number of carbonyl (C=O) groups is 1. The highest BCUT2D eigenvalue weighted by Crippen LogP contribution is 2.34. The van der Waals surface area contributed by atoms with E-state index in [9.17, 15) is 13.2 Å². The Balaban J connectivity index is 1.37. The number of nitrogens with zero attached hydrogens (tertiary/aromatic N) is 1. The van der Waals surface area contributed by atoms with Crippen LogP contribution in [0.2, 0.25) is 5.02 Å². The van der Waals surface area contributed by atoms with E-state index in [2.05, 4.69) is 10.3 Å². The minimum atomic E-state index is -3.47. The fourth-order valence-corrected chi connectivity index (χ4v) is 4.20. The molecule has 2 aromatic heterocycles. The normalized spacial score (nSPS) is 20.4. The number of halogens is 1. The second kappa shape index (κ2) is 7.25. The Bertz CT molecular complexity index is 1130. The van der Waals surface area contributed by atoms with Crippen LogP contribution in [0.15, 0.2) is 44.3 Å². The monoisotopic (exact) mass is 422 g/mol. The first kappa shape index (κ1) is 19.0. The highest BCUT2D eigenvalue weighted by atomic mass is 35.5. The zero-order chi connectivity index (χ0) is 19.9. The molecule has 0 radical (unpaired) electrons. The van der Waals surface area contributed by atoms with E-state index < -0.39 is 15.7 Å². The van der Waals surface area contributed by atoms with Crippen molar-refractivity contribution in [1.82, 2.24) is 10.3 Å². The molecule has 0 unspecified atom stereocenters. The molecule has 1 saturated carbocycles. The lowest BCUT2D eigenvalue weighted by Crippen LogP contribution is -2.37. The molecule has 1 N–H and O–H groups in total. The van der Waals surface area contributed by atoms with Crippen LogP contribution in [-0.4, -0.2) is 31.6 Å². The van der Waals surface area contributed by atoms with Crippen molar-refractivity contribution in [3.05, 3.63) is 47.0 Å². The first-order valence-electron chi connectivity index (χ1n) is 8.96. The molecule has 3 aromatic rings. The molecule has 0 atom stereocenters. The van der Waals surface area contributed by atoms with E-state index in [1.807, 2.05) is 6.07 Å². The van der Waals surface area contributed by atoms with Gasteiger partial charge in [-0.3, -0.25) is 4.79 Å². The van der Waals surface area contributed by atoms with Gasteiger partial charge in [0.25, 0.3) is 5.91 Å². The van der Waals surface area contributed by atoms with Crippen LogP contribution in [0.4, 0.5) is 0 Å². The molecule has 1 aromatic carbocycles. The van der Waals surface area contributed by atoms with Gasteiger partial charge in [0.2, 0.25) is 14.9 Å². The molecular formula is C19H19ClN2O5S. The van der Waals surface area contributed by atoms with Gasteiger partial charge in [0.05, 0.1) is 0 Å². The number of hydrogen-bond acceptors (Lipinski definition) is 6. The lowest BCUT2D eigenvalue weighted by Gasteiger charge is -2.27. The number of benzene rings is 1. The van der Waals surface area contributed by atoms with Crippen LogP contribution in [0.3, 0.4) is 0 Å². The largest absolute Gasteiger partial charge is 0.440 e. The van der Waals surface area contributed by atoms with Crippen molar-refractivity contribution in [2.24, 2.45) is 0 Å². The van der Waals surface area contributed by atoms with Crippen LogP contribution >= 0.6 is 11.6 Å². The van der Waals surface area contributed by atoms with Crippen molar-refractivity contribution < 1.29 is 22.0 Å². The number of rotatable bonds is 4. The maximum atomic E-state index is 12.3. The van der Waals surface area contributed by atoms with Crippen LogP contribution in [-0.2, 0) is 9.84 Å². The SMILES string of the molecule is CS(=O)(=O)c1ccc(C(=O)NC2CCC(c3nc4cc(Cl)ccc4o3)CC2)o1. The smallest absolute Gasteiger partial charge is 0.287 e. The molecule has 0 aliphatic heterocycles. The molecule has 1 aliphatic carbocycles. The molecule has 28 heavy (non-hydrogen) atoms. The summed E-state index contributed by atoms with van der Waals surface area (Å²) in [6.07, 6.45) is 4.25. The Morgan fingerprint density at radius 1 is 1.14 bits per heavy atom. The van der Waals surface area contributed by atoms with Gasteiger partial charge < -0.3 is 14.2 Å². The van der Waals surface area contributed by atoms with E-state index in [1.54, 1.807) is 12.1 Å². The van der Waals surface area contributed by atoms with E-state index in [4.69, 9.17) is 20.4 Å². The summed E-state index contributed by atoms with van der Waals surface area (Å²) < 4.78 is 33.9. The van der Waals surface area contributed by atoms with Gasteiger partial charge in [-0.05, 0) is 56.0 Å². The third-order valence-corrected chi connectivity index (χ3v) is 6.13. The fraction of sp³-hybridized carbons (Fsp3) is 0.368.